The predicted octanol–water partition coefficient (Wildman–Crippen LogP) is 4.97. The highest BCUT2D eigenvalue weighted by Gasteiger charge is 2.16. The third-order valence-electron chi connectivity index (χ3n) is 4.14. The third kappa shape index (κ3) is 4.99. The molecule has 0 fully saturated rings. The second-order valence-electron chi connectivity index (χ2n) is 6.89. The maximum Gasteiger partial charge on any atom is 0.236 e. The van der Waals surface area contributed by atoms with Gasteiger partial charge < -0.3 is 9.88 Å². The van der Waals surface area contributed by atoms with Crippen LogP contribution in [0, 0.1) is 6.92 Å². The number of thioether (sulfide) groups is 1. The van der Waals surface area contributed by atoms with E-state index >= 15 is 0 Å². The van der Waals surface area contributed by atoms with Crippen molar-refractivity contribution in [2.24, 2.45) is 0 Å². The summed E-state index contributed by atoms with van der Waals surface area (Å²) in [5, 5.41) is 14.8. The smallest absolute Gasteiger partial charge is 0.236 e. The van der Waals surface area contributed by atoms with E-state index in [4.69, 9.17) is 0 Å². The summed E-state index contributed by atoms with van der Waals surface area (Å²) in [5.74, 6) is 1.46. The fraction of sp³-hybridized carbons (Fsp3) is 0.400. The molecule has 6 nitrogen and oxygen atoms in total. The summed E-state index contributed by atoms with van der Waals surface area (Å²) in [6.07, 6.45) is 0.998. The summed E-state index contributed by atoms with van der Waals surface area (Å²) in [7, 11) is 0. The summed E-state index contributed by atoms with van der Waals surface area (Å²) >= 11 is 2.84. The predicted molar refractivity (Wildman–Crippen MR) is 116 cm³/mol. The zero-order chi connectivity index (χ0) is 20.1. The van der Waals surface area contributed by atoms with Crippen molar-refractivity contribution in [3.05, 3.63) is 41.0 Å². The van der Waals surface area contributed by atoms with Crippen molar-refractivity contribution in [3.63, 3.8) is 0 Å². The zero-order valence-corrected chi connectivity index (χ0v) is 18.2. The van der Waals surface area contributed by atoms with Crippen LogP contribution in [0.1, 0.15) is 44.5 Å². The van der Waals surface area contributed by atoms with E-state index < -0.39 is 0 Å². The van der Waals surface area contributed by atoms with Gasteiger partial charge in [-0.25, -0.2) is 4.98 Å². The van der Waals surface area contributed by atoms with Gasteiger partial charge in [0, 0.05) is 23.4 Å². The van der Waals surface area contributed by atoms with Crippen molar-refractivity contribution in [1.29, 1.82) is 0 Å². The Morgan fingerprint density at radius 1 is 1.25 bits per heavy atom. The number of thiazole rings is 1. The first kappa shape index (κ1) is 20.5. The number of benzene rings is 1. The van der Waals surface area contributed by atoms with Crippen LogP contribution < -0.4 is 5.32 Å². The number of aromatic nitrogens is 4. The number of aryl methyl sites for hydroxylation is 1. The molecule has 0 bridgehead atoms. The number of hydrogen-bond donors (Lipinski definition) is 1. The summed E-state index contributed by atoms with van der Waals surface area (Å²) in [6.45, 7) is 9.24. The maximum absolute atomic E-state index is 12.4. The van der Waals surface area contributed by atoms with Crippen molar-refractivity contribution in [2.45, 2.75) is 51.7 Å². The Morgan fingerprint density at radius 3 is 2.68 bits per heavy atom. The van der Waals surface area contributed by atoms with Crippen molar-refractivity contribution >= 4 is 34.1 Å². The standard InChI is InChI=1S/C20H25N5OS2/c1-5-10-25-18(13(2)3)23-24-20(25)28-12-17(26)22-19-21-16(11-27-19)15-8-6-14(4)7-9-15/h6-9,11,13H,5,10,12H2,1-4H3,(H,21,22,26). The molecule has 1 N–H and O–H groups in total. The van der Waals surface area contributed by atoms with E-state index in [1.54, 1.807) is 0 Å². The Bertz CT molecular complexity index is 930. The lowest BCUT2D eigenvalue weighted by Gasteiger charge is -2.10. The molecule has 1 amide bonds. The number of amides is 1. The Hall–Kier alpha value is -2.19. The van der Waals surface area contributed by atoms with Crippen LogP contribution in [-0.4, -0.2) is 31.4 Å². The maximum atomic E-state index is 12.4. The van der Waals surface area contributed by atoms with E-state index in [-0.39, 0.29) is 11.7 Å². The lowest BCUT2D eigenvalue weighted by molar-refractivity contribution is -0.113. The van der Waals surface area contributed by atoms with Gasteiger partial charge in [0.2, 0.25) is 5.91 Å². The molecule has 0 radical (unpaired) electrons. The van der Waals surface area contributed by atoms with Gasteiger partial charge in [-0.2, -0.15) is 0 Å². The van der Waals surface area contributed by atoms with Gasteiger partial charge in [0.25, 0.3) is 0 Å². The molecule has 0 saturated heterocycles. The summed E-state index contributed by atoms with van der Waals surface area (Å²) in [5.41, 5.74) is 3.13. The quantitative estimate of drug-likeness (QED) is 0.526. The zero-order valence-electron chi connectivity index (χ0n) is 16.6. The molecule has 0 spiro atoms. The molecule has 3 rings (SSSR count). The number of hydrogen-bond acceptors (Lipinski definition) is 6. The van der Waals surface area contributed by atoms with E-state index in [2.05, 4.69) is 64.9 Å². The molecule has 0 aliphatic heterocycles. The van der Waals surface area contributed by atoms with Crippen molar-refractivity contribution < 1.29 is 4.79 Å². The molecule has 8 heteroatoms. The monoisotopic (exact) mass is 415 g/mol. The number of nitrogens with zero attached hydrogens (tertiary/aromatic N) is 4. The van der Waals surface area contributed by atoms with E-state index in [0.29, 0.717) is 11.0 Å². The Morgan fingerprint density at radius 2 is 2.00 bits per heavy atom. The normalized spacial score (nSPS) is 11.2. The highest BCUT2D eigenvalue weighted by molar-refractivity contribution is 7.99. The largest absolute Gasteiger partial charge is 0.306 e. The molecule has 2 aromatic heterocycles. The average Bonchev–Trinajstić information content (AvgIpc) is 3.28. The van der Waals surface area contributed by atoms with Gasteiger partial charge >= 0.3 is 0 Å². The first-order chi connectivity index (χ1) is 13.5. The SMILES string of the molecule is CCCn1c(SCC(=O)Nc2nc(-c3ccc(C)cc3)cs2)nnc1C(C)C. The van der Waals surface area contributed by atoms with Gasteiger partial charge in [-0.05, 0) is 13.3 Å². The summed E-state index contributed by atoms with van der Waals surface area (Å²) in [6, 6.07) is 8.19. The fourth-order valence-corrected chi connectivity index (χ4v) is 4.25. The van der Waals surface area contributed by atoms with Crippen LogP contribution in [0.3, 0.4) is 0 Å². The van der Waals surface area contributed by atoms with Crippen LogP contribution in [0.5, 0.6) is 0 Å². The van der Waals surface area contributed by atoms with Crippen molar-refractivity contribution in [3.8, 4) is 11.3 Å². The van der Waals surface area contributed by atoms with E-state index in [0.717, 1.165) is 35.2 Å². The van der Waals surface area contributed by atoms with Gasteiger partial charge in [0.05, 0.1) is 11.4 Å². The average molecular weight is 416 g/mol. The molecule has 0 saturated carbocycles. The fourth-order valence-electron chi connectivity index (χ4n) is 2.74. The van der Waals surface area contributed by atoms with E-state index in [9.17, 15) is 4.79 Å². The van der Waals surface area contributed by atoms with E-state index in [1.807, 2.05) is 17.5 Å². The summed E-state index contributed by atoms with van der Waals surface area (Å²) in [4.78, 5) is 16.9. The van der Waals surface area contributed by atoms with Crippen molar-refractivity contribution in [1.82, 2.24) is 19.7 Å². The molecule has 1 aromatic carbocycles. The first-order valence-electron chi connectivity index (χ1n) is 9.36. The second-order valence-corrected chi connectivity index (χ2v) is 8.69. The Kier molecular flexibility index (Phi) is 6.85. The minimum absolute atomic E-state index is 0.0908. The highest BCUT2D eigenvalue weighted by Crippen LogP contribution is 2.26. The summed E-state index contributed by atoms with van der Waals surface area (Å²) < 4.78 is 2.11. The third-order valence-corrected chi connectivity index (χ3v) is 5.86. The van der Waals surface area contributed by atoms with Crippen LogP contribution in [0.15, 0.2) is 34.8 Å². The highest BCUT2D eigenvalue weighted by atomic mass is 32.2. The molecule has 28 heavy (non-hydrogen) atoms. The molecular formula is C20H25N5OS2. The molecule has 148 valence electrons. The first-order valence-corrected chi connectivity index (χ1v) is 11.2. The lowest BCUT2D eigenvalue weighted by atomic mass is 10.1. The van der Waals surface area contributed by atoms with Gasteiger partial charge in [0.1, 0.15) is 5.82 Å². The number of nitrogens with one attached hydrogen (secondary N) is 1. The topological polar surface area (TPSA) is 72.7 Å². The molecular weight excluding hydrogens is 390 g/mol. The second kappa shape index (κ2) is 9.34. The minimum Gasteiger partial charge on any atom is -0.306 e. The number of carbonyl (C=O) groups excluding carboxylic acids is 1. The van der Waals surface area contributed by atoms with Crippen LogP contribution in [0.2, 0.25) is 0 Å². The van der Waals surface area contributed by atoms with Crippen LogP contribution in [0.25, 0.3) is 11.3 Å². The van der Waals surface area contributed by atoms with Crippen molar-refractivity contribution in [2.75, 3.05) is 11.1 Å². The lowest BCUT2D eigenvalue weighted by Crippen LogP contribution is -2.15. The van der Waals surface area contributed by atoms with Gasteiger partial charge in [0.15, 0.2) is 10.3 Å². The Balaban J connectivity index is 1.60. The molecule has 0 unspecified atom stereocenters. The van der Waals surface area contributed by atoms with E-state index in [1.165, 1.54) is 28.7 Å². The van der Waals surface area contributed by atoms with Gasteiger partial charge in [-0.3, -0.25) is 4.79 Å². The minimum atomic E-state index is -0.0908. The number of carbonyl (C=O) groups is 1. The van der Waals surface area contributed by atoms with Crippen LogP contribution >= 0.6 is 23.1 Å². The molecule has 0 atom stereocenters. The Labute approximate surface area is 173 Å². The molecule has 0 aliphatic rings. The number of rotatable bonds is 8. The molecule has 0 aliphatic carbocycles. The van der Waals surface area contributed by atoms with Gasteiger partial charge in [-0.15, -0.1) is 21.5 Å². The van der Waals surface area contributed by atoms with Gasteiger partial charge in [-0.1, -0.05) is 62.4 Å². The van der Waals surface area contributed by atoms with Crippen LogP contribution in [0.4, 0.5) is 5.13 Å². The molecule has 2 heterocycles. The molecule has 3 aromatic rings. The van der Waals surface area contributed by atoms with Crippen LogP contribution in [-0.2, 0) is 11.3 Å². The number of anilines is 1.